The number of ether oxygens (including phenoxy) is 1. The van der Waals surface area contributed by atoms with Crippen LogP contribution < -0.4 is 10.6 Å². The zero-order valence-corrected chi connectivity index (χ0v) is 13.5. The Morgan fingerprint density at radius 3 is 2.25 bits per heavy atom. The monoisotopic (exact) mass is 326 g/mol. The number of benzene rings is 2. The van der Waals surface area contributed by atoms with Crippen molar-refractivity contribution in [3.8, 4) is 0 Å². The smallest absolute Gasteiger partial charge is 0.338 e. The molecule has 6 heteroatoms. The third-order valence-electron chi connectivity index (χ3n) is 3.10. The van der Waals surface area contributed by atoms with Gasteiger partial charge < -0.3 is 15.4 Å². The van der Waals surface area contributed by atoms with Crippen LogP contribution in [-0.4, -0.2) is 24.4 Å². The van der Waals surface area contributed by atoms with Gasteiger partial charge in [0, 0.05) is 23.9 Å². The summed E-state index contributed by atoms with van der Waals surface area (Å²) in [6.45, 7) is 3.45. The summed E-state index contributed by atoms with van der Waals surface area (Å²) in [4.78, 5) is 34.9. The van der Waals surface area contributed by atoms with Crippen LogP contribution in [0.25, 0.3) is 0 Å². The molecule has 2 aromatic rings. The lowest BCUT2D eigenvalue weighted by molar-refractivity contribution is -0.114. The molecule has 0 heterocycles. The minimum absolute atomic E-state index is 0.206. The summed E-state index contributed by atoms with van der Waals surface area (Å²) in [5.74, 6) is -0.924. The first-order valence-corrected chi connectivity index (χ1v) is 7.46. The van der Waals surface area contributed by atoms with E-state index >= 15 is 0 Å². The zero-order valence-electron chi connectivity index (χ0n) is 13.5. The summed E-state index contributed by atoms with van der Waals surface area (Å²) < 4.78 is 4.90. The zero-order chi connectivity index (χ0) is 17.5. The Bertz CT molecular complexity index is 754. The second kappa shape index (κ2) is 7.92. The van der Waals surface area contributed by atoms with E-state index in [1.54, 1.807) is 55.5 Å². The second-order valence-corrected chi connectivity index (χ2v) is 5.01. The molecule has 0 saturated carbocycles. The molecule has 0 aromatic heterocycles. The van der Waals surface area contributed by atoms with Gasteiger partial charge in [0.15, 0.2) is 0 Å². The summed E-state index contributed by atoms with van der Waals surface area (Å²) >= 11 is 0. The second-order valence-electron chi connectivity index (χ2n) is 5.01. The van der Waals surface area contributed by atoms with Crippen LogP contribution >= 0.6 is 0 Å². The minimum Gasteiger partial charge on any atom is -0.462 e. The van der Waals surface area contributed by atoms with Gasteiger partial charge in [-0.2, -0.15) is 0 Å². The van der Waals surface area contributed by atoms with E-state index in [1.807, 2.05) is 0 Å². The number of rotatable bonds is 5. The average molecular weight is 326 g/mol. The van der Waals surface area contributed by atoms with Gasteiger partial charge in [0.1, 0.15) is 0 Å². The van der Waals surface area contributed by atoms with Gasteiger partial charge >= 0.3 is 5.97 Å². The standard InChI is InChI=1S/C18H18N2O4/c1-3-24-18(23)13-7-9-15(10-8-13)20-17(22)14-5-4-6-16(11-14)19-12(2)21/h4-11H,3H2,1-2H3,(H,19,21)(H,20,22). The van der Waals surface area contributed by atoms with E-state index < -0.39 is 5.97 Å². The Morgan fingerprint density at radius 2 is 1.62 bits per heavy atom. The molecule has 0 atom stereocenters. The largest absolute Gasteiger partial charge is 0.462 e. The number of nitrogens with one attached hydrogen (secondary N) is 2. The number of hydrogen-bond donors (Lipinski definition) is 2. The molecule has 2 amide bonds. The molecule has 0 fully saturated rings. The molecule has 2 aromatic carbocycles. The molecule has 0 spiro atoms. The van der Waals surface area contributed by atoms with Crippen LogP contribution in [-0.2, 0) is 9.53 Å². The van der Waals surface area contributed by atoms with E-state index in [0.29, 0.717) is 29.1 Å². The number of carbonyl (C=O) groups is 3. The highest BCUT2D eigenvalue weighted by Gasteiger charge is 2.09. The first-order chi connectivity index (χ1) is 11.5. The van der Waals surface area contributed by atoms with E-state index in [-0.39, 0.29) is 11.8 Å². The predicted octanol–water partition coefficient (Wildman–Crippen LogP) is 3.07. The topological polar surface area (TPSA) is 84.5 Å². The minimum atomic E-state index is -0.404. The SMILES string of the molecule is CCOC(=O)c1ccc(NC(=O)c2cccc(NC(C)=O)c2)cc1. The molecular formula is C18H18N2O4. The molecule has 24 heavy (non-hydrogen) atoms. The maximum atomic E-state index is 12.3. The van der Waals surface area contributed by atoms with Gasteiger partial charge in [-0.1, -0.05) is 6.07 Å². The van der Waals surface area contributed by atoms with Crippen molar-refractivity contribution < 1.29 is 19.1 Å². The lowest BCUT2D eigenvalue weighted by Crippen LogP contribution is -2.13. The first-order valence-electron chi connectivity index (χ1n) is 7.46. The Kier molecular flexibility index (Phi) is 5.68. The third-order valence-corrected chi connectivity index (χ3v) is 3.10. The van der Waals surface area contributed by atoms with Gasteiger partial charge in [-0.25, -0.2) is 4.79 Å². The average Bonchev–Trinajstić information content (AvgIpc) is 2.55. The lowest BCUT2D eigenvalue weighted by Gasteiger charge is -2.08. The Labute approximate surface area is 139 Å². The summed E-state index contributed by atoms with van der Waals surface area (Å²) in [5, 5.41) is 5.36. The van der Waals surface area contributed by atoms with Gasteiger partial charge in [0.25, 0.3) is 5.91 Å². The fourth-order valence-electron chi connectivity index (χ4n) is 2.05. The normalized spacial score (nSPS) is 9.92. The molecule has 6 nitrogen and oxygen atoms in total. The van der Waals surface area contributed by atoms with Crippen LogP contribution in [0.2, 0.25) is 0 Å². The summed E-state index contributed by atoms with van der Waals surface area (Å²) in [6.07, 6.45) is 0. The van der Waals surface area contributed by atoms with Crippen LogP contribution in [0.5, 0.6) is 0 Å². The molecule has 0 aliphatic rings. The first kappa shape index (κ1) is 17.2. The molecule has 2 rings (SSSR count). The summed E-state index contributed by atoms with van der Waals surface area (Å²) in [6, 6.07) is 13.0. The summed E-state index contributed by atoms with van der Waals surface area (Å²) in [7, 11) is 0. The molecule has 124 valence electrons. The van der Waals surface area contributed by atoms with E-state index in [2.05, 4.69) is 10.6 Å². The lowest BCUT2D eigenvalue weighted by atomic mass is 10.1. The number of hydrogen-bond acceptors (Lipinski definition) is 4. The van der Waals surface area contributed by atoms with Crippen molar-refractivity contribution >= 4 is 29.2 Å². The Balaban J connectivity index is 2.06. The maximum Gasteiger partial charge on any atom is 0.338 e. The molecule has 0 bridgehead atoms. The summed E-state index contributed by atoms with van der Waals surface area (Å²) in [5.41, 5.74) is 1.93. The van der Waals surface area contributed by atoms with Crippen molar-refractivity contribution in [2.24, 2.45) is 0 Å². The predicted molar refractivity (Wildman–Crippen MR) is 91.1 cm³/mol. The fraction of sp³-hybridized carbons (Fsp3) is 0.167. The maximum absolute atomic E-state index is 12.3. The highest BCUT2D eigenvalue weighted by Crippen LogP contribution is 2.15. The van der Waals surface area contributed by atoms with Gasteiger partial charge in [0.2, 0.25) is 5.91 Å². The molecule has 0 saturated heterocycles. The number of anilines is 2. The van der Waals surface area contributed by atoms with E-state index in [0.717, 1.165) is 0 Å². The molecule has 0 aliphatic carbocycles. The highest BCUT2D eigenvalue weighted by molar-refractivity contribution is 6.05. The number of esters is 1. The molecule has 0 aliphatic heterocycles. The van der Waals surface area contributed by atoms with Crippen LogP contribution in [0.1, 0.15) is 34.6 Å². The highest BCUT2D eigenvalue weighted by atomic mass is 16.5. The third kappa shape index (κ3) is 4.67. The van der Waals surface area contributed by atoms with Crippen molar-refractivity contribution in [3.05, 3.63) is 59.7 Å². The number of amides is 2. The van der Waals surface area contributed by atoms with E-state index in [1.165, 1.54) is 6.92 Å². The van der Waals surface area contributed by atoms with E-state index in [9.17, 15) is 14.4 Å². The Morgan fingerprint density at radius 1 is 0.917 bits per heavy atom. The van der Waals surface area contributed by atoms with Crippen molar-refractivity contribution in [2.75, 3.05) is 17.2 Å². The van der Waals surface area contributed by atoms with Crippen LogP contribution in [0.15, 0.2) is 48.5 Å². The van der Waals surface area contributed by atoms with Crippen molar-refractivity contribution in [3.63, 3.8) is 0 Å². The van der Waals surface area contributed by atoms with Crippen LogP contribution in [0.3, 0.4) is 0 Å². The quantitative estimate of drug-likeness (QED) is 0.827. The Hall–Kier alpha value is -3.15. The number of carbonyl (C=O) groups excluding carboxylic acids is 3. The van der Waals surface area contributed by atoms with E-state index in [4.69, 9.17) is 4.74 Å². The molecule has 0 radical (unpaired) electrons. The van der Waals surface area contributed by atoms with Crippen LogP contribution in [0, 0.1) is 0 Å². The van der Waals surface area contributed by atoms with Crippen LogP contribution in [0.4, 0.5) is 11.4 Å². The van der Waals surface area contributed by atoms with Crippen molar-refractivity contribution in [1.82, 2.24) is 0 Å². The van der Waals surface area contributed by atoms with Gasteiger partial charge in [-0.3, -0.25) is 9.59 Å². The van der Waals surface area contributed by atoms with Gasteiger partial charge in [-0.15, -0.1) is 0 Å². The fourth-order valence-corrected chi connectivity index (χ4v) is 2.05. The molecular weight excluding hydrogens is 308 g/mol. The van der Waals surface area contributed by atoms with Gasteiger partial charge in [0.05, 0.1) is 12.2 Å². The van der Waals surface area contributed by atoms with Gasteiger partial charge in [-0.05, 0) is 49.4 Å². The molecule has 2 N–H and O–H groups in total. The van der Waals surface area contributed by atoms with Crippen molar-refractivity contribution in [1.29, 1.82) is 0 Å². The van der Waals surface area contributed by atoms with Crippen molar-refractivity contribution in [2.45, 2.75) is 13.8 Å². The molecule has 0 unspecified atom stereocenters.